The number of aromatic hydroxyl groups is 1. The van der Waals surface area contributed by atoms with Crippen LogP contribution in [0.1, 0.15) is 31.4 Å². The molecule has 126 valence electrons. The standard InChI is InChI=1S/C16H24N2O2.2ClH/c1-2-20-15-11-13(5-6-14(15)19)16(12-3-4-12)18-9-7-17-8-10-18;;/h5-6,11-12,16-17,19H,2-4,7-10H2,1H3;2*1H/t16-;;/m0../s1. The zero-order valence-electron chi connectivity index (χ0n) is 13.0. The SMILES string of the molecule is CCOc1cc([C@H](C2CC2)N2CCNCC2)ccc1O.Cl.Cl. The van der Waals surface area contributed by atoms with Crippen molar-refractivity contribution in [2.45, 2.75) is 25.8 Å². The third-order valence-electron chi connectivity index (χ3n) is 4.24. The van der Waals surface area contributed by atoms with Gasteiger partial charge >= 0.3 is 0 Å². The number of benzene rings is 1. The van der Waals surface area contributed by atoms with Crippen LogP contribution >= 0.6 is 24.8 Å². The molecule has 22 heavy (non-hydrogen) atoms. The summed E-state index contributed by atoms with van der Waals surface area (Å²) >= 11 is 0. The van der Waals surface area contributed by atoms with Gasteiger partial charge in [-0.3, -0.25) is 4.90 Å². The Bertz CT molecular complexity index is 463. The first kappa shape index (κ1) is 19.4. The Kier molecular flexibility index (Phi) is 7.77. The first-order valence-electron chi connectivity index (χ1n) is 7.70. The fourth-order valence-corrected chi connectivity index (χ4v) is 3.14. The molecule has 6 heteroatoms. The van der Waals surface area contributed by atoms with Crippen molar-refractivity contribution in [3.63, 3.8) is 0 Å². The number of hydrogen-bond donors (Lipinski definition) is 2. The van der Waals surface area contributed by atoms with Gasteiger partial charge in [-0.05, 0) is 43.4 Å². The molecule has 1 aromatic rings. The maximum atomic E-state index is 9.86. The van der Waals surface area contributed by atoms with Gasteiger partial charge in [0.1, 0.15) is 0 Å². The van der Waals surface area contributed by atoms with Crippen molar-refractivity contribution in [1.82, 2.24) is 10.2 Å². The van der Waals surface area contributed by atoms with E-state index in [4.69, 9.17) is 4.74 Å². The van der Waals surface area contributed by atoms with Gasteiger partial charge in [0, 0.05) is 32.2 Å². The van der Waals surface area contributed by atoms with E-state index in [1.165, 1.54) is 18.4 Å². The summed E-state index contributed by atoms with van der Waals surface area (Å²) in [5.74, 6) is 1.63. The number of piperazine rings is 1. The molecular formula is C16H26Cl2N2O2. The second-order valence-corrected chi connectivity index (χ2v) is 5.73. The van der Waals surface area contributed by atoms with E-state index in [1.807, 2.05) is 13.0 Å². The molecule has 2 N–H and O–H groups in total. The topological polar surface area (TPSA) is 44.7 Å². The first-order valence-corrected chi connectivity index (χ1v) is 7.70. The van der Waals surface area contributed by atoms with Crippen LogP contribution in [0.5, 0.6) is 11.5 Å². The van der Waals surface area contributed by atoms with Crippen LogP contribution < -0.4 is 10.1 Å². The summed E-state index contributed by atoms with van der Waals surface area (Å²) in [6.45, 7) is 6.87. The maximum absolute atomic E-state index is 9.86. The van der Waals surface area contributed by atoms with Gasteiger partial charge in [-0.25, -0.2) is 0 Å². The van der Waals surface area contributed by atoms with Crippen molar-refractivity contribution in [3.05, 3.63) is 23.8 Å². The predicted octanol–water partition coefficient (Wildman–Crippen LogP) is 2.99. The number of rotatable bonds is 5. The Labute approximate surface area is 145 Å². The van der Waals surface area contributed by atoms with Crippen LogP contribution in [0.3, 0.4) is 0 Å². The maximum Gasteiger partial charge on any atom is 0.161 e. The Morgan fingerprint density at radius 1 is 1.27 bits per heavy atom. The summed E-state index contributed by atoms with van der Waals surface area (Å²) in [6, 6.07) is 6.35. The van der Waals surface area contributed by atoms with Crippen molar-refractivity contribution < 1.29 is 9.84 Å². The van der Waals surface area contributed by atoms with Gasteiger partial charge < -0.3 is 15.2 Å². The molecule has 4 nitrogen and oxygen atoms in total. The van der Waals surface area contributed by atoms with Crippen LogP contribution in [0, 0.1) is 5.92 Å². The Morgan fingerprint density at radius 2 is 1.95 bits per heavy atom. The van der Waals surface area contributed by atoms with Gasteiger partial charge in [0.25, 0.3) is 0 Å². The molecule has 2 aliphatic rings. The van der Waals surface area contributed by atoms with E-state index in [0.29, 0.717) is 18.4 Å². The largest absolute Gasteiger partial charge is 0.504 e. The minimum absolute atomic E-state index is 0. The number of ether oxygens (including phenoxy) is 1. The van der Waals surface area contributed by atoms with E-state index < -0.39 is 0 Å². The van der Waals surface area contributed by atoms with Crippen LogP contribution in [-0.4, -0.2) is 42.8 Å². The molecule has 2 fully saturated rings. The Hall–Kier alpha value is -0.680. The van der Waals surface area contributed by atoms with Crippen LogP contribution in [0.15, 0.2) is 18.2 Å². The minimum Gasteiger partial charge on any atom is -0.504 e. The quantitative estimate of drug-likeness (QED) is 0.858. The highest BCUT2D eigenvalue weighted by atomic mass is 35.5. The lowest BCUT2D eigenvalue weighted by atomic mass is 9.99. The van der Waals surface area contributed by atoms with E-state index in [2.05, 4.69) is 16.3 Å². The van der Waals surface area contributed by atoms with Gasteiger partial charge in [-0.1, -0.05) is 6.07 Å². The summed E-state index contributed by atoms with van der Waals surface area (Å²) in [4.78, 5) is 2.58. The summed E-state index contributed by atoms with van der Waals surface area (Å²) in [7, 11) is 0. The lowest BCUT2D eigenvalue weighted by Crippen LogP contribution is -2.45. The normalized spacial score (nSPS) is 19.7. The minimum atomic E-state index is 0. The number of nitrogens with one attached hydrogen (secondary N) is 1. The molecule has 1 saturated carbocycles. The smallest absolute Gasteiger partial charge is 0.161 e. The molecule has 1 atom stereocenters. The van der Waals surface area contributed by atoms with Crippen molar-refractivity contribution in [3.8, 4) is 11.5 Å². The molecule has 1 aliphatic heterocycles. The van der Waals surface area contributed by atoms with Crippen molar-refractivity contribution in [1.29, 1.82) is 0 Å². The third kappa shape index (κ3) is 4.42. The molecule has 1 aliphatic carbocycles. The number of hydrogen-bond acceptors (Lipinski definition) is 4. The fourth-order valence-electron chi connectivity index (χ4n) is 3.14. The highest BCUT2D eigenvalue weighted by molar-refractivity contribution is 5.85. The molecule has 0 aromatic heterocycles. The monoisotopic (exact) mass is 348 g/mol. The number of phenolic OH excluding ortho intramolecular Hbond substituents is 1. The van der Waals surface area contributed by atoms with E-state index in [0.717, 1.165) is 32.1 Å². The second-order valence-electron chi connectivity index (χ2n) is 5.73. The van der Waals surface area contributed by atoms with E-state index in [9.17, 15) is 5.11 Å². The fraction of sp³-hybridized carbons (Fsp3) is 0.625. The Morgan fingerprint density at radius 3 is 2.55 bits per heavy atom. The zero-order chi connectivity index (χ0) is 13.9. The number of halogens is 2. The lowest BCUT2D eigenvalue weighted by molar-refractivity contribution is 0.156. The molecular weight excluding hydrogens is 323 g/mol. The van der Waals surface area contributed by atoms with Gasteiger partial charge in [0.05, 0.1) is 6.61 Å². The van der Waals surface area contributed by atoms with Gasteiger partial charge in [0.2, 0.25) is 0 Å². The lowest BCUT2D eigenvalue weighted by Gasteiger charge is -2.35. The van der Waals surface area contributed by atoms with Crippen LogP contribution in [0.4, 0.5) is 0 Å². The molecule has 0 bridgehead atoms. The van der Waals surface area contributed by atoms with Crippen molar-refractivity contribution in [2.24, 2.45) is 5.92 Å². The van der Waals surface area contributed by atoms with Gasteiger partial charge in [-0.15, -0.1) is 24.8 Å². The van der Waals surface area contributed by atoms with E-state index in [-0.39, 0.29) is 30.6 Å². The van der Waals surface area contributed by atoms with Crippen molar-refractivity contribution >= 4 is 24.8 Å². The average molecular weight is 349 g/mol. The summed E-state index contributed by atoms with van der Waals surface area (Å²) < 4.78 is 5.53. The molecule has 0 spiro atoms. The van der Waals surface area contributed by atoms with E-state index >= 15 is 0 Å². The Balaban J connectivity index is 0.00000121. The average Bonchev–Trinajstić information content (AvgIpc) is 3.29. The predicted molar refractivity (Wildman–Crippen MR) is 93.7 cm³/mol. The van der Waals surface area contributed by atoms with Crippen LogP contribution in [0.25, 0.3) is 0 Å². The molecule has 1 saturated heterocycles. The van der Waals surface area contributed by atoms with Crippen molar-refractivity contribution in [2.75, 3.05) is 32.8 Å². The second kappa shape index (κ2) is 8.82. The van der Waals surface area contributed by atoms with Gasteiger partial charge in [0.15, 0.2) is 11.5 Å². The summed E-state index contributed by atoms with van der Waals surface area (Å²) in [5.41, 5.74) is 1.29. The van der Waals surface area contributed by atoms with Crippen LogP contribution in [-0.2, 0) is 0 Å². The zero-order valence-corrected chi connectivity index (χ0v) is 14.6. The van der Waals surface area contributed by atoms with Crippen LogP contribution in [0.2, 0.25) is 0 Å². The number of phenols is 1. The molecule has 1 heterocycles. The molecule has 0 amide bonds. The first-order chi connectivity index (χ1) is 9.79. The highest BCUT2D eigenvalue weighted by Gasteiger charge is 2.37. The molecule has 3 rings (SSSR count). The molecule has 1 aromatic carbocycles. The summed E-state index contributed by atoms with van der Waals surface area (Å²) in [5, 5.41) is 13.3. The van der Waals surface area contributed by atoms with Gasteiger partial charge in [-0.2, -0.15) is 0 Å². The summed E-state index contributed by atoms with van der Waals surface area (Å²) in [6.07, 6.45) is 2.64. The highest BCUT2D eigenvalue weighted by Crippen LogP contribution is 2.46. The molecule has 0 radical (unpaired) electrons. The molecule has 0 unspecified atom stereocenters. The number of nitrogens with zero attached hydrogens (tertiary/aromatic N) is 1. The third-order valence-corrected chi connectivity index (χ3v) is 4.24. The van der Waals surface area contributed by atoms with E-state index in [1.54, 1.807) is 6.07 Å².